The van der Waals surface area contributed by atoms with Crippen LogP contribution in [0.4, 0.5) is 5.69 Å². The summed E-state index contributed by atoms with van der Waals surface area (Å²) in [7, 11) is 0. The van der Waals surface area contributed by atoms with Crippen LogP contribution in [0, 0.1) is 0 Å². The van der Waals surface area contributed by atoms with Crippen molar-refractivity contribution in [3.05, 3.63) is 64.4 Å². The number of hydrogen-bond donors (Lipinski definition) is 1. The van der Waals surface area contributed by atoms with Gasteiger partial charge < -0.3 is 5.32 Å². The molecule has 0 saturated carbocycles. The number of aromatic nitrogens is 2. The largest absolute Gasteiger partial charge is 0.325 e. The molecule has 0 saturated heterocycles. The van der Waals surface area contributed by atoms with Gasteiger partial charge in [-0.1, -0.05) is 43.0 Å². The third kappa shape index (κ3) is 4.22. The summed E-state index contributed by atoms with van der Waals surface area (Å²) >= 11 is 1.30. The highest BCUT2D eigenvalue weighted by molar-refractivity contribution is 8.00. The lowest BCUT2D eigenvalue weighted by Gasteiger charge is -2.15. The monoisotopic (exact) mass is 381 g/mol. The van der Waals surface area contributed by atoms with E-state index in [9.17, 15) is 9.59 Å². The second-order valence-corrected chi connectivity index (χ2v) is 7.57. The molecule has 1 heterocycles. The number of rotatable bonds is 6. The van der Waals surface area contributed by atoms with Crippen molar-refractivity contribution < 1.29 is 4.79 Å². The van der Waals surface area contributed by atoms with Gasteiger partial charge in [-0.25, -0.2) is 4.98 Å². The number of nitrogens with zero attached hydrogens (tertiary/aromatic N) is 2. The average molecular weight is 382 g/mol. The van der Waals surface area contributed by atoms with E-state index < -0.39 is 0 Å². The molecule has 0 aliphatic rings. The molecule has 1 N–H and O–H groups in total. The van der Waals surface area contributed by atoms with Crippen LogP contribution in [0.3, 0.4) is 0 Å². The Morgan fingerprint density at radius 2 is 1.85 bits per heavy atom. The maximum atomic E-state index is 12.7. The molecular formula is C21H23N3O2S. The highest BCUT2D eigenvalue weighted by Gasteiger charge is 2.19. The predicted octanol–water partition coefficient (Wildman–Crippen LogP) is 4.10. The molecule has 0 aliphatic carbocycles. The van der Waals surface area contributed by atoms with Crippen LogP contribution in [0.5, 0.6) is 0 Å². The van der Waals surface area contributed by atoms with Crippen molar-refractivity contribution in [1.29, 1.82) is 0 Å². The summed E-state index contributed by atoms with van der Waals surface area (Å²) in [5.74, 6) is -0.116. The Hall–Kier alpha value is -2.60. The van der Waals surface area contributed by atoms with Crippen LogP contribution >= 0.6 is 11.8 Å². The van der Waals surface area contributed by atoms with Crippen LogP contribution in [0.25, 0.3) is 10.9 Å². The molecule has 27 heavy (non-hydrogen) atoms. The Labute approximate surface area is 162 Å². The summed E-state index contributed by atoms with van der Waals surface area (Å²) in [6.07, 6.45) is 0.961. The summed E-state index contributed by atoms with van der Waals surface area (Å²) in [6.45, 7) is 6.33. The van der Waals surface area contributed by atoms with Gasteiger partial charge in [0.2, 0.25) is 5.91 Å². The van der Waals surface area contributed by atoms with Gasteiger partial charge in [-0.2, -0.15) is 0 Å². The zero-order valence-corrected chi connectivity index (χ0v) is 16.5. The number of nitrogens with one attached hydrogen (secondary N) is 1. The molecule has 5 nitrogen and oxygen atoms in total. The molecule has 1 amide bonds. The molecule has 1 atom stereocenters. The molecule has 6 heteroatoms. The fourth-order valence-corrected chi connectivity index (χ4v) is 3.77. The summed E-state index contributed by atoms with van der Waals surface area (Å²) in [4.78, 5) is 29.9. The Balaban J connectivity index is 1.81. The molecular weight excluding hydrogens is 358 g/mol. The van der Waals surface area contributed by atoms with E-state index in [1.807, 2.05) is 56.3 Å². The van der Waals surface area contributed by atoms with E-state index in [1.165, 1.54) is 17.3 Å². The van der Waals surface area contributed by atoms with Crippen LogP contribution < -0.4 is 10.9 Å². The zero-order chi connectivity index (χ0) is 19.4. The minimum absolute atomic E-state index is 0.0756. The molecule has 2 aromatic carbocycles. The zero-order valence-electron chi connectivity index (χ0n) is 15.7. The number of anilines is 1. The second kappa shape index (κ2) is 8.39. The van der Waals surface area contributed by atoms with Crippen LogP contribution in [0.1, 0.15) is 26.3 Å². The van der Waals surface area contributed by atoms with Crippen molar-refractivity contribution in [2.75, 3.05) is 5.32 Å². The van der Waals surface area contributed by atoms with Crippen LogP contribution in [0.15, 0.2) is 58.5 Å². The molecule has 0 aliphatic heterocycles. The van der Waals surface area contributed by atoms with Crippen LogP contribution in [-0.4, -0.2) is 20.7 Å². The smallest absolute Gasteiger partial charge is 0.262 e. The lowest BCUT2D eigenvalue weighted by molar-refractivity contribution is -0.115. The molecule has 0 radical (unpaired) electrons. The van der Waals surface area contributed by atoms with Crippen LogP contribution in [0.2, 0.25) is 0 Å². The Morgan fingerprint density at radius 1 is 1.15 bits per heavy atom. The van der Waals surface area contributed by atoms with Gasteiger partial charge in [-0.15, -0.1) is 0 Å². The number of fused-ring (bicyclic) bond motifs is 1. The van der Waals surface area contributed by atoms with Crippen LogP contribution in [-0.2, 0) is 17.8 Å². The van der Waals surface area contributed by atoms with Crippen molar-refractivity contribution in [1.82, 2.24) is 9.55 Å². The van der Waals surface area contributed by atoms with E-state index >= 15 is 0 Å². The average Bonchev–Trinajstić information content (AvgIpc) is 2.69. The predicted molar refractivity (Wildman–Crippen MR) is 111 cm³/mol. The van der Waals surface area contributed by atoms with Gasteiger partial charge in [-0.05, 0) is 50.1 Å². The van der Waals surface area contributed by atoms with Gasteiger partial charge in [0.25, 0.3) is 5.56 Å². The Morgan fingerprint density at radius 3 is 2.52 bits per heavy atom. The summed E-state index contributed by atoms with van der Waals surface area (Å²) in [5, 5.41) is 3.69. The molecule has 0 spiro atoms. The third-order valence-corrected chi connectivity index (χ3v) is 5.51. The number of carbonyl (C=O) groups is 1. The first-order valence-corrected chi connectivity index (χ1v) is 9.97. The van der Waals surface area contributed by atoms with Gasteiger partial charge in [0.15, 0.2) is 5.16 Å². The van der Waals surface area contributed by atoms with Gasteiger partial charge >= 0.3 is 0 Å². The number of carbonyl (C=O) groups excluding carboxylic acids is 1. The normalized spacial score (nSPS) is 12.1. The maximum absolute atomic E-state index is 12.7. The third-order valence-electron chi connectivity index (χ3n) is 4.42. The Kier molecular flexibility index (Phi) is 5.96. The topological polar surface area (TPSA) is 64.0 Å². The molecule has 1 aromatic heterocycles. The molecule has 0 bridgehead atoms. The summed E-state index contributed by atoms with van der Waals surface area (Å²) < 4.78 is 1.62. The first-order chi connectivity index (χ1) is 13.0. The minimum atomic E-state index is -0.387. The lowest BCUT2D eigenvalue weighted by Crippen LogP contribution is -2.26. The van der Waals surface area contributed by atoms with E-state index in [1.54, 1.807) is 10.6 Å². The van der Waals surface area contributed by atoms with E-state index in [-0.39, 0.29) is 16.7 Å². The molecule has 3 aromatic rings. The number of para-hydroxylation sites is 1. The van der Waals surface area contributed by atoms with Gasteiger partial charge in [-0.3, -0.25) is 14.2 Å². The van der Waals surface area contributed by atoms with Crippen molar-refractivity contribution in [3.8, 4) is 0 Å². The number of benzene rings is 2. The second-order valence-electron chi connectivity index (χ2n) is 6.26. The van der Waals surface area contributed by atoms with Crippen molar-refractivity contribution in [2.45, 2.75) is 44.1 Å². The van der Waals surface area contributed by atoms with E-state index in [0.717, 1.165) is 12.1 Å². The summed E-state index contributed by atoms with van der Waals surface area (Å²) in [5.41, 5.74) is 2.57. The quantitative estimate of drug-likeness (QED) is 0.516. The molecule has 140 valence electrons. The number of hydrogen-bond acceptors (Lipinski definition) is 4. The Bertz CT molecular complexity index is 1010. The van der Waals surface area contributed by atoms with Gasteiger partial charge in [0.05, 0.1) is 16.2 Å². The van der Waals surface area contributed by atoms with E-state index in [4.69, 9.17) is 0 Å². The highest BCUT2D eigenvalue weighted by atomic mass is 32.2. The fraction of sp³-hybridized carbons (Fsp3) is 0.286. The number of amides is 1. The standard InChI is InChI=1S/C21H23N3O2S/c1-4-15-10-12-16(13-11-15)22-19(25)14(3)27-21-23-18-9-7-6-8-17(18)20(26)24(21)5-2/h6-14H,4-5H2,1-3H3,(H,22,25)/t14-/m0/s1. The van der Waals surface area contributed by atoms with Crippen molar-refractivity contribution >= 4 is 34.3 Å². The van der Waals surface area contributed by atoms with Gasteiger partial charge in [0, 0.05) is 12.2 Å². The van der Waals surface area contributed by atoms with Crippen molar-refractivity contribution in [3.63, 3.8) is 0 Å². The lowest BCUT2D eigenvalue weighted by atomic mass is 10.1. The highest BCUT2D eigenvalue weighted by Crippen LogP contribution is 2.23. The maximum Gasteiger partial charge on any atom is 0.262 e. The number of thioether (sulfide) groups is 1. The molecule has 0 fully saturated rings. The van der Waals surface area contributed by atoms with E-state index in [2.05, 4.69) is 17.2 Å². The van der Waals surface area contributed by atoms with Gasteiger partial charge in [0.1, 0.15) is 0 Å². The molecule has 3 rings (SSSR count). The first kappa shape index (κ1) is 19.2. The molecule has 0 unspecified atom stereocenters. The fourth-order valence-electron chi connectivity index (χ4n) is 2.80. The van der Waals surface area contributed by atoms with Crippen molar-refractivity contribution in [2.24, 2.45) is 0 Å². The summed E-state index contributed by atoms with van der Waals surface area (Å²) in [6, 6.07) is 15.1. The SMILES string of the molecule is CCc1ccc(NC(=O)[C@H](C)Sc2nc3ccccc3c(=O)n2CC)cc1. The minimum Gasteiger partial charge on any atom is -0.325 e. The first-order valence-electron chi connectivity index (χ1n) is 9.09. The van der Waals surface area contributed by atoms with E-state index in [0.29, 0.717) is 22.6 Å². The number of aryl methyl sites for hydroxylation is 1.